The van der Waals surface area contributed by atoms with E-state index in [0.29, 0.717) is 0 Å². The lowest BCUT2D eigenvalue weighted by Gasteiger charge is -2.34. The van der Waals surface area contributed by atoms with Gasteiger partial charge in [0, 0.05) is 56.5 Å². The standard InChI is InChI=1S/C17H19BrN4S/c18-16-5-4-15(23-16)13-21-9-7-20(8-10-21)11-14-12-22-6-2-1-3-17(22)19-14/h1-6,12H,7-11,13H2. The lowest BCUT2D eigenvalue weighted by Crippen LogP contribution is -2.45. The fraction of sp³-hybridized carbons (Fsp3) is 0.353. The molecule has 3 aromatic rings. The minimum atomic E-state index is 0.945. The summed E-state index contributed by atoms with van der Waals surface area (Å²) in [5.74, 6) is 0. The number of fused-ring (bicyclic) bond motifs is 1. The highest BCUT2D eigenvalue weighted by Crippen LogP contribution is 2.23. The van der Waals surface area contributed by atoms with Gasteiger partial charge in [0.15, 0.2) is 0 Å². The molecule has 4 nitrogen and oxygen atoms in total. The predicted molar refractivity (Wildman–Crippen MR) is 97.8 cm³/mol. The fourth-order valence-corrected chi connectivity index (χ4v) is 4.58. The number of imidazole rings is 1. The number of hydrogen-bond donors (Lipinski definition) is 0. The maximum atomic E-state index is 4.70. The van der Waals surface area contributed by atoms with Crippen LogP contribution in [0.15, 0.2) is 46.5 Å². The van der Waals surface area contributed by atoms with E-state index in [0.717, 1.165) is 50.6 Å². The van der Waals surface area contributed by atoms with Crippen molar-refractivity contribution < 1.29 is 0 Å². The number of aromatic nitrogens is 2. The van der Waals surface area contributed by atoms with Crippen LogP contribution in [-0.2, 0) is 13.1 Å². The first-order chi connectivity index (χ1) is 11.3. The third-order valence-corrected chi connectivity index (χ3v) is 5.88. The number of thiophene rings is 1. The molecular weight excluding hydrogens is 372 g/mol. The molecule has 0 N–H and O–H groups in total. The maximum Gasteiger partial charge on any atom is 0.137 e. The molecule has 120 valence electrons. The molecule has 0 radical (unpaired) electrons. The molecule has 0 atom stereocenters. The van der Waals surface area contributed by atoms with Gasteiger partial charge in [-0.3, -0.25) is 9.80 Å². The van der Waals surface area contributed by atoms with Crippen LogP contribution in [0.25, 0.3) is 5.65 Å². The molecule has 0 amide bonds. The van der Waals surface area contributed by atoms with E-state index in [-0.39, 0.29) is 0 Å². The molecule has 1 aliphatic heterocycles. The zero-order chi connectivity index (χ0) is 15.6. The van der Waals surface area contributed by atoms with Gasteiger partial charge in [-0.05, 0) is 40.2 Å². The van der Waals surface area contributed by atoms with Crippen molar-refractivity contribution in [3.05, 3.63) is 57.1 Å². The Labute approximate surface area is 148 Å². The Bertz CT molecular complexity index is 756. The van der Waals surface area contributed by atoms with Crippen molar-refractivity contribution in [2.75, 3.05) is 26.2 Å². The zero-order valence-electron chi connectivity index (χ0n) is 12.9. The topological polar surface area (TPSA) is 23.8 Å². The normalized spacial score (nSPS) is 17.1. The van der Waals surface area contributed by atoms with E-state index in [2.05, 4.69) is 60.7 Å². The van der Waals surface area contributed by atoms with Gasteiger partial charge in [0.25, 0.3) is 0 Å². The van der Waals surface area contributed by atoms with Crippen LogP contribution < -0.4 is 0 Å². The van der Waals surface area contributed by atoms with Crippen LogP contribution in [0.1, 0.15) is 10.6 Å². The Morgan fingerprint density at radius 2 is 1.78 bits per heavy atom. The van der Waals surface area contributed by atoms with Gasteiger partial charge in [0.2, 0.25) is 0 Å². The maximum absolute atomic E-state index is 4.70. The number of nitrogens with zero attached hydrogens (tertiary/aromatic N) is 4. The predicted octanol–water partition coefficient (Wildman–Crippen LogP) is 3.48. The van der Waals surface area contributed by atoms with Crippen LogP contribution in [0.3, 0.4) is 0 Å². The molecule has 1 saturated heterocycles. The third kappa shape index (κ3) is 3.66. The van der Waals surface area contributed by atoms with Gasteiger partial charge < -0.3 is 4.40 Å². The Morgan fingerprint density at radius 3 is 2.48 bits per heavy atom. The number of halogens is 1. The van der Waals surface area contributed by atoms with Crippen LogP contribution >= 0.6 is 27.3 Å². The van der Waals surface area contributed by atoms with Crippen molar-refractivity contribution in [1.82, 2.24) is 19.2 Å². The Morgan fingerprint density at radius 1 is 1.00 bits per heavy atom. The molecule has 0 unspecified atom stereocenters. The van der Waals surface area contributed by atoms with Crippen LogP contribution in [0.5, 0.6) is 0 Å². The van der Waals surface area contributed by atoms with E-state index in [4.69, 9.17) is 4.98 Å². The van der Waals surface area contributed by atoms with Gasteiger partial charge in [-0.2, -0.15) is 0 Å². The molecule has 4 rings (SSSR count). The molecule has 1 fully saturated rings. The van der Waals surface area contributed by atoms with Gasteiger partial charge in [-0.25, -0.2) is 4.98 Å². The molecule has 0 saturated carbocycles. The molecule has 1 aliphatic rings. The highest BCUT2D eigenvalue weighted by Gasteiger charge is 2.18. The second kappa shape index (κ2) is 6.73. The number of rotatable bonds is 4. The van der Waals surface area contributed by atoms with Crippen LogP contribution in [0.2, 0.25) is 0 Å². The molecule has 6 heteroatoms. The largest absolute Gasteiger partial charge is 0.307 e. The highest BCUT2D eigenvalue weighted by molar-refractivity contribution is 9.11. The third-order valence-electron chi connectivity index (χ3n) is 4.27. The highest BCUT2D eigenvalue weighted by atomic mass is 79.9. The van der Waals surface area contributed by atoms with E-state index < -0.39 is 0 Å². The zero-order valence-corrected chi connectivity index (χ0v) is 15.3. The summed E-state index contributed by atoms with van der Waals surface area (Å²) in [7, 11) is 0. The summed E-state index contributed by atoms with van der Waals surface area (Å²) in [6, 6.07) is 10.5. The van der Waals surface area contributed by atoms with Gasteiger partial charge in [0.1, 0.15) is 5.65 Å². The monoisotopic (exact) mass is 390 g/mol. The summed E-state index contributed by atoms with van der Waals surface area (Å²) in [4.78, 5) is 11.2. The van der Waals surface area contributed by atoms with Crippen molar-refractivity contribution >= 4 is 32.9 Å². The van der Waals surface area contributed by atoms with Crippen LogP contribution in [-0.4, -0.2) is 45.4 Å². The number of piperazine rings is 1. The smallest absolute Gasteiger partial charge is 0.137 e. The van der Waals surface area contributed by atoms with E-state index >= 15 is 0 Å². The summed E-state index contributed by atoms with van der Waals surface area (Å²) in [6.07, 6.45) is 4.20. The van der Waals surface area contributed by atoms with Crippen molar-refractivity contribution in [2.24, 2.45) is 0 Å². The van der Waals surface area contributed by atoms with Crippen molar-refractivity contribution in [2.45, 2.75) is 13.1 Å². The summed E-state index contributed by atoms with van der Waals surface area (Å²) in [5.41, 5.74) is 2.19. The van der Waals surface area contributed by atoms with Crippen LogP contribution in [0, 0.1) is 0 Å². The quantitative estimate of drug-likeness (QED) is 0.681. The van der Waals surface area contributed by atoms with Crippen LogP contribution in [0.4, 0.5) is 0 Å². The summed E-state index contributed by atoms with van der Waals surface area (Å²) < 4.78 is 3.32. The van der Waals surface area contributed by atoms with E-state index in [1.165, 1.54) is 8.66 Å². The molecule has 3 aromatic heterocycles. The molecule has 0 spiro atoms. The number of hydrogen-bond acceptors (Lipinski definition) is 4. The lowest BCUT2D eigenvalue weighted by atomic mass is 10.3. The Balaban J connectivity index is 1.32. The molecule has 0 aliphatic carbocycles. The van der Waals surface area contributed by atoms with Gasteiger partial charge in [0.05, 0.1) is 9.48 Å². The van der Waals surface area contributed by atoms with E-state index in [1.807, 2.05) is 23.5 Å². The minimum Gasteiger partial charge on any atom is -0.307 e. The molecule has 4 heterocycles. The first kappa shape index (κ1) is 15.3. The van der Waals surface area contributed by atoms with Crippen molar-refractivity contribution in [3.63, 3.8) is 0 Å². The second-order valence-corrected chi connectivity index (χ2v) is 8.50. The number of pyridine rings is 1. The SMILES string of the molecule is Brc1ccc(CN2CCN(Cc3cn4ccccc4n3)CC2)s1. The first-order valence-electron chi connectivity index (χ1n) is 7.88. The lowest BCUT2D eigenvalue weighted by molar-refractivity contribution is 0.122. The van der Waals surface area contributed by atoms with E-state index in [1.54, 1.807) is 0 Å². The van der Waals surface area contributed by atoms with Gasteiger partial charge in [-0.1, -0.05) is 6.07 Å². The molecule has 0 bridgehead atoms. The summed E-state index contributed by atoms with van der Waals surface area (Å²) in [5, 5.41) is 0. The van der Waals surface area contributed by atoms with Crippen molar-refractivity contribution in [3.8, 4) is 0 Å². The first-order valence-corrected chi connectivity index (χ1v) is 9.49. The molecular formula is C17H19BrN4S. The summed E-state index contributed by atoms with van der Waals surface area (Å²) >= 11 is 5.38. The Kier molecular flexibility index (Phi) is 4.48. The molecule has 23 heavy (non-hydrogen) atoms. The van der Waals surface area contributed by atoms with Crippen molar-refractivity contribution in [1.29, 1.82) is 0 Å². The average molecular weight is 391 g/mol. The molecule has 0 aromatic carbocycles. The summed E-state index contributed by atoms with van der Waals surface area (Å²) in [6.45, 7) is 6.49. The van der Waals surface area contributed by atoms with E-state index in [9.17, 15) is 0 Å². The minimum absolute atomic E-state index is 0.945. The fourth-order valence-electron chi connectivity index (χ4n) is 3.06. The van der Waals surface area contributed by atoms with Gasteiger partial charge in [-0.15, -0.1) is 11.3 Å². The average Bonchev–Trinajstić information content (AvgIpc) is 3.14. The Hall–Kier alpha value is -1.21. The second-order valence-electron chi connectivity index (χ2n) is 5.96. The van der Waals surface area contributed by atoms with Gasteiger partial charge >= 0.3 is 0 Å².